The van der Waals surface area contributed by atoms with Gasteiger partial charge in [0, 0.05) is 13.1 Å². The van der Waals surface area contributed by atoms with Crippen molar-refractivity contribution in [2.24, 2.45) is 0 Å². The van der Waals surface area contributed by atoms with E-state index in [4.69, 9.17) is 17.3 Å². The summed E-state index contributed by atoms with van der Waals surface area (Å²) in [6, 6.07) is 3.01. The van der Waals surface area contributed by atoms with E-state index < -0.39 is 10.0 Å². The minimum absolute atomic E-state index is 0.0127. The van der Waals surface area contributed by atoms with Crippen molar-refractivity contribution in [3.63, 3.8) is 0 Å². The fourth-order valence-corrected chi connectivity index (χ4v) is 4.06. The third-order valence-corrected chi connectivity index (χ3v) is 5.79. The highest BCUT2D eigenvalue weighted by atomic mass is 35.5. The van der Waals surface area contributed by atoms with Gasteiger partial charge in [-0.2, -0.15) is 4.31 Å². The first kappa shape index (κ1) is 16.3. The first-order valence-corrected chi connectivity index (χ1v) is 8.11. The van der Waals surface area contributed by atoms with Crippen LogP contribution in [0.3, 0.4) is 0 Å². The summed E-state index contributed by atoms with van der Waals surface area (Å²) in [6.07, 6.45) is 1.54. The smallest absolute Gasteiger partial charge is 0.243 e. The summed E-state index contributed by atoms with van der Waals surface area (Å²) >= 11 is 5.90. The zero-order valence-corrected chi connectivity index (χ0v) is 13.3. The Bertz CT molecular complexity index is 554. The van der Waals surface area contributed by atoms with Crippen LogP contribution in [0, 0.1) is 6.92 Å². The van der Waals surface area contributed by atoms with Crippen LogP contribution in [-0.4, -0.2) is 25.8 Å². The van der Waals surface area contributed by atoms with Crippen LogP contribution in [0.25, 0.3) is 0 Å². The summed E-state index contributed by atoms with van der Waals surface area (Å²) in [5.74, 6) is 0. The van der Waals surface area contributed by atoms with Gasteiger partial charge in [0.15, 0.2) is 0 Å². The lowest BCUT2D eigenvalue weighted by Gasteiger charge is -2.26. The lowest BCUT2D eigenvalue weighted by atomic mass is 10.2. The summed E-state index contributed by atoms with van der Waals surface area (Å²) in [5, 5.41) is 0.377. The molecule has 6 heteroatoms. The number of anilines is 1. The van der Waals surface area contributed by atoms with E-state index in [0.29, 0.717) is 10.6 Å². The molecular formula is C13H21ClN2O2S. The maximum Gasteiger partial charge on any atom is 0.243 e. The lowest BCUT2D eigenvalue weighted by Crippen LogP contribution is -2.36. The molecule has 2 N–H and O–H groups in total. The third-order valence-electron chi connectivity index (χ3n) is 3.41. The first-order chi connectivity index (χ1) is 8.75. The van der Waals surface area contributed by atoms with E-state index in [9.17, 15) is 8.42 Å². The van der Waals surface area contributed by atoms with E-state index in [1.54, 1.807) is 20.0 Å². The second-order valence-electron chi connectivity index (χ2n) is 4.63. The number of hydrogen-bond donors (Lipinski definition) is 1. The van der Waals surface area contributed by atoms with Gasteiger partial charge in [-0.15, -0.1) is 0 Å². The monoisotopic (exact) mass is 304 g/mol. The standard InChI is InChI=1S/C13H21ClN2O2S/c1-5-10(6-2)16(4)19(17,18)13-8-12(15)11(14)7-9(13)3/h7-8,10H,5-6,15H2,1-4H3. The maximum atomic E-state index is 12.6. The van der Waals surface area contributed by atoms with Crippen molar-refractivity contribution in [3.05, 3.63) is 22.7 Å². The molecular weight excluding hydrogens is 284 g/mol. The Balaban J connectivity index is 3.31. The average molecular weight is 305 g/mol. The Labute approximate surface area is 120 Å². The van der Waals surface area contributed by atoms with E-state index in [2.05, 4.69) is 0 Å². The van der Waals surface area contributed by atoms with Crippen LogP contribution in [-0.2, 0) is 10.0 Å². The van der Waals surface area contributed by atoms with Crippen LogP contribution in [0.4, 0.5) is 5.69 Å². The quantitative estimate of drug-likeness (QED) is 0.850. The van der Waals surface area contributed by atoms with Crippen LogP contribution >= 0.6 is 11.6 Å². The molecule has 0 bridgehead atoms. The highest BCUT2D eigenvalue weighted by Gasteiger charge is 2.27. The molecule has 0 saturated carbocycles. The van der Waals surface area contributed by atoms with Crippen molar-refractivity contribution in [1.82, 2.24) is 4.31 Å². The van der Waals surface area contributed by atoms with E-state index >= 15 is 0 Å². The molecule has 1 aromatic carbocycles. The number of sulfonamides is 1. The van der Waals surface area contributed by atoms with Gasteiger partial charge in [-0.05, 0) is 37.5 Å². The number of nitrogens with zero attached hydrogens (tertiary/aromatic N) is 1. The van der Waals surface area contributed by atoms with Gasteiger partial charge in [0.25, 0.3) is 0 Å². The lowest BCUT2D eigenvalue weighted by molar-refractivity contribution is 0.349. The minimum atomic E-state index is -3.54. The van der Waals surface area contributed by atoms with Gasteiger partial charge in [0.2, 0.25) is 10.0 Å². The zero-order chi connectivity index (χ0) is 14.8. The van der Waals surface area contributed by atoms with Gasteiger partial charge >= 0.3 is 0 Å². The average Bonchev–Trinajstić information content (AvgIpc) is 2.34. The highest BCUT2D eigenvalue weighted by Crippen LogP contribution is 2.29. The molecule has 19 heavy (non-hydrogen) atoms. The van der Waals surface area contributed by atoms with E-state index in [1.165, 1.54) is 10.4 Å². The summed E-state index contributed by atoms with van der Waals surface area (Å²) in [6.45, 7) is 5.67. The van der Waals surface area contributed by atoms with Gasteiger partial charge in [-0.3, -0.25) is 0 Å². The molecule has 0 spiro atoms. The molecule has 0 heterocycles. The topological polar surface area (TPSA) is 63.4 Å². The van der Waals surface area contributed by atoms with Crippen molar-refractivity contribution in [2.75, 3.05) is 12.8 Å². The Morgan fingerprint density at radius 1 is 1.32 bits per heavy atom. The second kappa shape index (κ2) is 6.11. The molecule has 0 aromatic heterocycles. The number of rotatable bonds is 5. The predicted octanol–water partition coefficient (Wildman–Crippen LogP) is 3.04. The largest absolute Gasteiger partial charge is 0.397 e. The molecule has 0 unspecified atom stereocenters. The SMILES string of the molecule is CCC(CC)N(C)S(=O)(=O)c1cc(N)c(Cl)cc1C. The highest BCUT2D eigenvalue weighted by molar-refractivity contribution is 7.89. The van der Waals surface area contributed by atoms with Crippen molar-refractivity contribution in [3.8, 4) is 0 Å². The maximum absolute atomic E-state index is 12.6. The molecule has 0 amide bonds. The molecule has 0 aliphatic heterocycles. The van der Waals surface area contributed by atoms with Gasteiger partial charge in [0.1, 0.15) is 0 Å². The Morgan fingerprint density at radius 3 is 2.32 bits per heavy atom. The van der Waals surface area contributed by atoms with Crippen LogP contribution in [0.5, 0.6) is 0 Å². The van der Waals surface area contributed by atoms with E-state index in [0.717, 1.165) is 12.8 Å². The van der Waals surface area contributed by atoms with Crippen molar-refractivity contribution < 1.29 is 8.42 Å². The first-order valence-electron chi connectivity index (χ1n) is 6.29. The molecule has 1 aromatic rings. The number of halogens is 1. The Hall–Kier alpha value is -0.780. The number of hydrogen-bond acceptors (Lipinski definition) is 3. The van der Waals surface area contributed by atoms with Crippen molar-refractivity contribution in [2.45, 2.75) is 44.6 Å². The van der Waals surface area contributed by atoms with Crippen LogP contribution < -0.4 is 5.73 Å². The molecule has 0 saturated heterocycles. The molecule has 1 rings (SSSR count). The van der Waals surface area contributed by atoms with Crippen LogP contribution in [0.2, 0.25) is 5.02 Å². The molecule has 4 nitrogen and oxygen atoms in total. The summed E-state index contributed by atoms with van der Waals surface area (Å²) in [7, 11) is -1.93. The van der Waals surface area contributed by atoms with Gasteiger partial charge in [-0.25, -0.2) is 8.42 Å². The Morgan fingerprint density at radius 2 is 1.84 bits per heavy atom. The van der Waals surface area contributed by atoms with Crippen LogP contribution in [0.15, 0.2) is 17.0 Å². The fraction of sp³-hybridized carbons (Fsp3) is 0.538. The predicted molar refractivity (Wildman–Crippen MR) is 79.9 cm³/mol. The molecule has 0 radical (unpaired) electrons. The van der Waals surface area contributed by atoms with Gasteiger partial charge < -0.3 is 5.73 Å². The minimum Gasteiger partial charge on any atom is -0.397 e. The second-order valence-corrected chi connectivity index (χ2v) is 7.00. The molecule has 0 atom stereocenters. The van der Waals surface area contributed by atoms with Gasteiger partial charge in [-0.1, -0.05) is 25.4 Å². The summed E-state index contributed by atoms with van der Waals surface area (Å²) in [5.41, 5.74) is 6.60. The summed E-state index contributed by atoms with van der Waals surface area (Å²) in [4.78, 5) is 0.226. The zero-order valence-electron chi connectivity index (χ0n) is 11.8. The normalized spacial score (nSPS) is 12.4. The third kappa shape index (κ3) is 3.22. The summed E-state index contributed by atoms with van der Waals surface area (Å²) < 4.78 is 26.6. The molecule has 0 aliphatic rings. The fourth-order valence-electron chi connectivity index (χ4n) is 2.10. The molecule has 0 aliphatic carbocycles. The van der Waals surface area contributed by atoms with Crippen LogP contribution in [0.1, 0.15) is 32.3 Å². The van der Waals surface area contributed by atoms with Gasteiger partial charge in [0.05, 0.1) is 15.6 Å². The van der Waals surface area contributed by atoms with E-state index in [1.807, 2.05) is 13.8 Å². The number of nitrogens with two attached hydrogens (primary N) is 1. The number of benzene rings is 1. The number of aryl methyl sites for hydroxylation is 1. The van der Waals surface area contributed by atoms with Crippen molar-refractivity contribution in [1.29, 1.82) is 0 Å². The Kier molecular flexibility index (Phi) is 5.24. The molecule has 108 valence electrons. The van der Waals surface area contributed by atoms with E-state index in [-0.39, 0.29) is 16.6 Å². The molecule has 0 fully saturated rings. The number of nitrogen functional groups attached to an aromatic ring is 1. The van der Waals surface area contributed by atoms with Crippen molar-refractivity contribution >= 4 is 27.3 Å².